The van der Waals surface area contributed by atoms with E-state index in [2.05, 4.69) is 5.10 Å². The summed E-state index contributed by atoms with van der Waals surface area (Å²) in [6.45, 7) is 7.23. The van der Waals surface area contributed by atoms with Crippen LogP contribution >= 0.6 is 23.5 Å². The summed E-state index contributed by atoms with van der Waals surface area (Å²) in [5, 5.41) is 5.71. The second kappa shape index (κ2) is 14.3. The molecule has 11 nitrogen and oxygen atoms in total. The smallest absolute Gasteiger partial charge is 0.343 e. The third-order valence-corrected chi connectivity index (χ3v) is 9.46. The zero-order valence-corrected chi connectivity index (χ0v) is 27.8. The van der Waals surface area contributed by atoms with Gasteiger partial charge in [0.25, 0.3) is 5.91 Å². The Morgan fingerprint density at radius 2 is 1.13 bits per heavy atom. The summed E-state index contributed by atoms with van der Waals surface area (Å²) in [6.07, 6.45) is 0.422. The Hall–Kier alpha value is -4.88. The maximum absolute atomic E-state index is 13.2. The van der Waals surface area contributed by atoms with Crippen LogP contribution in [0.1, 0.15) is 61.3 Å². The molecule has 3 aromatic rings. The number of carbonyl (C=O) groups is 5. The molecule has 0 aliphatic carbocycles. The van der Waals surface area contributed by atoms with E-state index in [9.17, 15) is 24.0 Å². The van der Waals surface area contributed by atoms with Gasteiger partial charge in [-0.25, -0.2) is 14.6 Å². The van der Waals surface area contributed by atoms with Gasteiger partial charge in [-0.3, -0.25) is 14.4 Å². The van der Waals surface area contributed by atoms with E-state index in [1.54, 1.807) is 20.9 Å². The van der Waals surface area contributed by atoms with E-state index in [0.29, 0.717) is 36.8 Å². The van der Waals surface area contributed by atoms with Gasteiger partial charge in [0.05, 0.1) is 36.4 Å². The Bertz CT molecular complexity index is 1720. The first-order chi connectivity index (χ1) is 22.5. The monoisotopic (exact) mass is 674 g/mol. The number of likely N-dealkylation sites (N-methyl/N-ethyl adjacent to an activating group) is 1. The lowest BCUT2D eigenvalue weighted by Crippen LogP contribution is -2.18. The molecule has 1 amide bonds. The summed E-state index contributed by atoms with van der Waals surface area (Å²) in [5.74, 6) is -1.46. The molecule has 0 saturated heterocycles. The highest BCUT2D eigenvalue weighted by atomic mass is 32.2. The van der Waals surface area contributed by atoms with Gasteiger partial charge in [0.2, 0.25) is 0 Å². The number of hydrogen-bond acceptors (Lipinski definition) is 12. The maximum Gasteiger partial charge on any atom is 0.343 e. The molecule has 2 aliphatic heterocycles. The van der Waals surface area contributed by atoms with E-state index in [1.165, 1.54) is 89.2 Å². The van der Waals surface area contributed by atoms with Crippen molar-refractivity contribution in [2.45, 2.75) is 50.3 Å². The molecule has 0 radical (unpaired) electrons. The number of benzene rings is 3. The van der Waals surface area contributed by atoms with Crippen molar-refractivity contribution in [2.24, 2.45) is 11.0 Å². The molecular weight excluding hydrogens is 645 g/mol. The Labute approximate surface area is 279 Å². The molecule has 5 rings (SSSR count). The third kappa shape index (κ3) is 7.42. The lowest BCUT2D eigenvalue weighted by molar-refractivity contribution is -0.134. The topological polar surface area (TPSA) is 138 Å². The number of hydrogen-bond donors (Lipinski definition) is 0. The molecule has 2 aliphatic rings. The van der Waals surface area contributed by atoms with Gasteiger partial charge in [0, 0.05) is 19.9 Å². The highest BCUT2D eigenvalue weighted by Gasteiger charge is 2.38. The quantitative estimate of drug-likeness (QED) is 0.137. The first kappa shape index (κ1) is 33.5. The van der Waals surface area contributed by atoms with Crippen molar-refractivity contribution >= 4 is 59.0 Å². The molecule has 242 valence electrons. The Morgan fingerprint density at radius 1 is 0.702 bits per heavy atom. The van der Waals surface area contributed by atoms with E-state index >= 15 is 0 Å². The first-order valence-corrected chi connectivity index (χ1v) is 16.3. The maximum atomic E-state index is 13.2. The normalized spacial score (nSPS) is 13.8. The second-order valence-corrected chi connectivity index (χ2v) is 12.8. The molecular formula is C34H30N2O9S2. The van der Waals surface area contributed by atoms with E-state index in [-0.39, 0.29) is 47.3 Å². The van der Waals surface area contributed by atoms with E-state index < -0.39 is 23.9 Å². The van der Waals surface area contributed by atoms with Crippen LogP contribution < -0.4 is 18.9 Å². The van der Waals surface area contributed by atoms with E-state index in [1.807, 2.05) is 13.8 Å². The molecule has 0 saturated carbocycles. The van der Waals surface area contributed by atoms with Gasteiger partial charge in [-0.05, 0) is 66.6 Å². The van der Waals surface area contributed by atoms with Crippen LogP contribution in [0, 0.1) is 5.92 Å². The van der Waals surface area contributed by atoms with Crippen LogP contribution in [0.25, 0.3) is 0 Å². The van der Waals surface area contributed by atoms with Crippen molar-refractivity contribution in [3.8, 4) is 23.0 Å². The second-order valence-electron chi connectivity index (χ2n) is 10.5. The lowest BCUT2D eigenvalue weighted by atomic mass is 10.0. The van der Waals surface area contributed by atoms with Gasteiger partial charge in [0.1, 0.15) is 23.0 Å². The number of ether oxygens (including phenoxy) is 4. The average molecular weight is 675 g/mol. The summed E-state index contributed by atoms with van der Waals surface area (Å²) in [6, 6.07) is 15.0. The van der Waals surface area contributed by atoms with Crippen LogP contribution in [0.2, 0.25) is 0 Å². The highest BCUT2D eigenvalue weighted by Crippen LogP contribution is 2.59. The zero-order valence-electron chi connectivity index (χ0n) is 26.2. The molecule has 0 unspecified atom stereocenters. The van der Waals surface area contributed by atoms with Gasteiger partial charge >= 0.3 is 23.9 Å². The van der Waals surface area contributed by atoms with Crippen molar-refractivity contribution < 1.29 is 42.9 Å². The number of carbonyl (C=O) groups excluding carboxylic acids is 5. The van der Waals surface area contributed by atoms with Crippen LogP contribution in [0.4, 0.5) is 0 Å². The van der Waals surface area contributed by atoms with Crippen molar-refractivity contribution in [3.05, 3.63) is 81.6 Å². The van der Waals surface area contributed by atoms with Crippen molar-refractivity contribution in [3.63, 3.8) is 0 Å². The highest BCUT2D eigenvalue weighted by molar-refractivity contribution is 8.25. The molecule has 2 heterocycles. The molecule has 0 atom stereocenters. The van der Waals surface area contributed by atoms with Crippen molar-refractivity contribution in [1.29, 1.82) is 0 Å². The number of esters is 4. The minimum absolute atomic E-state index is 0.0509. The molecule has 0 bridgehead atoms. The van der Waals surface area contributed by atoms with Crippen LogP contribution in [0.15, 0.2) is 85.4 Å². The standard InChI is InChI=1S/C34H30N2O9S2/c1-6-25(37)42-21-12-8-19(9-13-21)32(40)44-23-16-17-24(45-33(41)20-10-14-22(15-11-20)43-26(38)7-2)30-29(23)46-34(47-30)27-28(18(3)4)35-36(5)31(27)39/h8-18H,6-7H2,1-5H3. The van der Waals surface area contributed by atoms with Gasteiger partial charge < -0.3 is 18.9 Å². The number of amides is 1. The fourth-order valence-corrected chi connectivity index (χ4v) is 7.04. The largest absolute Gasteiger partial charge is 0.427 e. The van der Waals surface area contributed by atoms with Crippen molar-refractivity contribution in [2.75, 3.05) is 7.05 Å². The third-order valence-electron chi connectivity index (χ3n) is 6.83. The minimum atomic E-state index is -0.665. The number of thioether (sulfide) groups is 2. The van der Waals surface area contributed by atoms with Gasteiger partial charge in [0.15, 0.2) is 0 Å². The summed E-state index contributed by atoms with van der Waals surface area (Å²) in [7, 11) is 1.58. The Balaban J connectivity index is 1.45. The fraction of sp³-hybridized carbons (Fsp3) is 0.235. The SMILES string of the molecule is CCC(=O)Oc1ccc(C(=O)Oc2ccc(OC(=O)c3ccc(OC(=O)CC)cc3)c3c2SC(=C2C(=O)N(C)N=C2C(C)C)S3)cc1. The Morgan fingerprint density at radius 3 is 1.51 bits per heavy atom. The fourth-order valence-electron chi connectivity index (χ4n) is 4.36. The molecule has 3 aromatic carbocycles. The van der Waals surface area contributed by atoms with Gasteiger partial charge in [-0.15, -0.1) is 0 Å². The molecule has 0 N–H and O–H groups in total. The van der Waals surface area contributed by atoms with Crippen LogP contribution in [0.5, 0.6) is 23.0 Å². The summed E-state index contributed by atoms with van der Waals surface area (Å²) in [5.41, 5.74) is 1.48. The summed E-state index contributed by atoms with van der Waals surface area (Å²) < 4.78 is 22.6. The molecule has 47 heavy (non-hydrogen) atoms. The van der Waals surface area contributed by atoms with E-state index in [4.69, 9.17) is 18.9 Å². The van der Waals surface area contributed by atoms with Gasteiger partial charge in [-0.1, -0.05) is 51.2 Å². The minimum Gasteiger partial charge on any atom is -0.427 e. The molecule has 13 heteroatoms. The first-order valence-electron chi connectivity index (χ1n) is 14.7. The predicted octanol–water partition coefficient (Wildman–Crippen LogP) is 6.65. The van der Waals surface area contributed by atoms with Crippen LogP contribution in [0.3, 0.4) is 0 Å². The lowest BCUT2D eigenvalue weighted by Gasteiger charge is -2.12. The number of nitrogens with zero attached hydrogens (tertiary/aromatic N) is 2. The molecule has 0 aromatic heterocycles. The summed E-state index contributed by atoms with van der Waals surface area (Å²) >= 11 is 2.45. The number of hydrazone groups is 1. The van der Waals surface area contributed by atoms with Crippen LogP contribution in [-0.2, 0) is 14.4 Å². The van der Waals surface area contributed by atoms with Crippen molar-refractivity contribution in [1.82, 2.24) is 5.01 Å². The van der Waals surface area contributed by atoms with Gasteiger partial charge in [-0.2, -0.15) is 5.10 Å². The average Bonchev–Trinajstić information content (AvgIpc) is 3.63. The zero-order chi connectivity index (χ0) is 33.8. The molecule has 0 fully saturated rings. The predicted molar refractivity (Wildman–Crippen MR) is 175 cm³/mol. The summed E-state index contributed by atoms with van der Waals surface area (Å²) in [4.78, 5) is 63.7. The van der Waals surface area contributed by atoms with Crippen LogP contribution in [-0.4, -0.2) is 47.6 Å². The number of fused-ring (bicyclic) bond motifs is 1. The number of rotatable bonds is 9. The van der Waals surface area contributed by atoms with E-state index in [0.717, 1.165) is 0 Å². The molecule has 0 spiro atoms. The Kier molecular flexibility index (Phi) is 10.2.